The number of para-hydroxylation sites is 3. The number of pyridine rings is 1. The number of rotatable bonds is 6. The lowest BCUT2D eigenvalue weighted by Crippen LogP contribution is -2.25. The monoisotopic (exact) mass is 845 g/mol. The molecule has 1 aliphatic heterocycles. The number of carbonyl (C=O) groups is 1. The number of Topliss-reactive ketones (excluding diaryl/α,β-unsaturated/α-hetero) is 1. The third-order valence-electron chi connectivity index (χ3n) is 12.2. The molecule has 14 nitrogen and oxygen atoms in total. The van der Waals surface area contributed by atoms with E-state index in [0.717, 1.165) is 22.2 Å². The van der Waals surface area contributed by atoms with Crippen LogP contribution in [0.5, 0.6) is 11.5 Å². The molecule has 0 amide bonds. The molecule has 0 spiro atoms. The summed E-state index contributed by atoms with van der Waals surface area (Å²) in [5.41, 5.74) is 8.10. The normalized spacial score (nSPS) is 14.5. The molecule has 306 valence electrons. The van der Waals surface area contributed by atoms with E-state index in [9.17, 15) is 19.8 Å². The Kier molecular flexibility index (Phi) is 7.61. The highest BCUT2D eigenvalue weighted by Crippen LogP contribution is 2.49. The molecule has 0 radical (unpaired) electrons. The number of aromatic nitrogens is 4. The minimum absolute atomic E-state index is 0.109. The van der Waals surface area contributed by atoms with Crippen molar-refractivity contribution >= 4 is 88.9 Å². The maximum atomic E-state index is 13.8. The number of imidazole rings is 1. The third kappa shape index (κ3) is 5.40. The standard InChI is InChI=1S/C51H27N9O5/c61-39-23-34-41-30(8-5-10-32(41)46-43(47(34)63)29-7-1-2-12-36(29)52-46)44(39)56-54-27-19-15-25(16-20-27)49-58-59-50(65-49)26-17-21-28(22-18-26)55-57-45-31-9-6-11-33-42(31)35(24-40(45)62)51(64)60-38-14-4-3-13-37(38)53-48(33)60/h1-24,43,61-62H. The zero-order valence-electron chi connectivity index (χ0n) is 33.6. The van der Waals surface area contributed by atoms with Crippen molar-refractivity contribution in [2.45, 2.75) is 5.92 Å². The Labute approximate surface area is 365 Å². The fourth-order valence-electron chi connectivity index (χ4n) is 9.24. The lowest BCUT2D eigenvalue weighted by molar-refractivity contribution is 0.0984. The molecule has 3 aromatic heterocycles. The van der Waals surface area contributed by atoms with Gasteiger partial charge in [-0.1, -0.05) is 66.7 Å². The molecule has 8 aromatic carbocycles. The quantitative estimate of drug-likeness (QED) is 0.154. The molecule has 13 rings (SSSR count). The van der Waals surface area contributed by atoms with Crippen molar-refractivity contribution in [3.8, 4) is 34.4 Å². The zero-order chi connectivity index (χ0) is 43.5. The lowest BCUT2D eigenvalue weighted by Gasteiger charge is -2.23. The molecule has 11 aromatic rings. The first-order valence-electron chi connectivity index (χ1n) is 20.6. The van der Waals surface area contributed by atoms with Crippen LogP contribution < -0.4 is 5.56 Å². The number of nitrogens with zero attached hydrogens (tertiary/aromatic N) is 9. The number of phenolic OH excluding ortho intramolecular Hbond substituents is 2. The van der Waals surface area contributed by atoms with Crippen LogP contribution in [-0.2, 0) is 0 Å². The molecule has 0 saturated heterocycles. The molecule has 0 saturated carbocycles. The van der Waals surface area contributed by atoms with Gasteiger partial charge >= 0.3 is 0 Å². The van der Waals surface area contributed by atoms with Crippen LogP contribution >= 0.6 is 0 Å². The van der Waals surface area contributed by atoms with Gasteiger partial charge < -0.3 is 14.6 Å². The third-order valence-corrected chi connectivity index (χ3v) is 12.2. The van der Waals surface area contributed by atoms with Gasteiger partial charge in [0, 0.05) is 49.2 Å². The fraction of sp³-hybridized carbons (Fsp3) is 0.0196. The van der Waals surface area contributed by atoms with E-state index < -0.39 is 5.92 Å². The van der Waals surface area contributed by atoms with E-state index in [4.69, 9.17) is 14.4 Å². The first-order valence-corrected chi connectivity index (χ1v) is 20.6. The molecule has 2 aliphatic rings. The van der Waals surface area contributed by atoms with Crippen LogP contribution in [0.15, 0.2) is 180 Å². The largest absolute Gasteiger partial charge is 0.506 e. The van der Waals surface area contributed by atoms with Gasteiger partial charge in [0.05, 0.1) is 45.1 Å². The molecule has 1 aliphatic carbocycles. The first-order chi connectivity index (χ1) is 31.9. The highest BCUT2D eigenvalue weighted by molar-refractivity contribution is 6.36. The van der Waals surface area contributed by atoms with Crippen LogP contribution in [0.4, 0.5) is 28.4 Å². The summed E-state index contributed by atoms with van der Waals surface area (Å²) in [4.78, 5) is 37.2. The summed E-state index contributed by atoms with van der Waals surface area (Å²) in [6.07, 6.45) is 0. The van der Waals surface area contributed by atoms with E-state index in [2.05, 4.69) is 30.7 Å². The number of hydrogen-bond donors (Lipinski definition) is 2. The van der Waals surface area contributed by atoms with Crippen molar-refractivity contribution in [2.24, 2.45) is 25.4 Å². The fourth-order valence-corrected chi connectivity index (χ4v) is 9.24. The molecule has 0 bridgehead atoms. The topological polar surface area (TPSA) is 193 Å². The molecular weight excluding hydrogens is 819 g/mol. The molecule has 2 N–H and O–H groups in total. The van der Waals surface area contributed by atoms with Crippen LogP contribution in [0.25, 0.3) is 71.9 Å². The molecule has 1 atom stereocenters. The van der Waals surface area contributed by atoms with Gasteiger partial charge in [0.1, 0.15) is 28.5 Å². The van der Waals surface area contributed by atoms with Crippen molar-refractivity contribution in [2.75, 3.05) is 0 Å². The highest BCUT2D eigenvalue weighted by Gasteiger charge is 2.40. The van der Waals surface area contributed by atoms with Crippen molar-refractivity contribution < 1.29 is 19.4 Å². The van der Waals surface area contributed by atoms with Crippen molar-refractivity contribution in [3.05, 3.63) is 173 Å². The molecule has 14 heteroatoms. The molecule has 1 unspecified atom stereocenters. The Morgan fingerprint density at radius 1 is 0.569 bits per heavy atom. The van der Waals surface area contributed by atoms with E-state index in [1.165, 1.54) is 12.1 Å². The Balaban J connectivity index is 0.745. The average molecular weight is 846 g/mol. The second-order valence-corrected chi connectivity index (χ2v) is 15.9. The molecule has 4 heterocycles. The van der Waals surface area contributed by atoms with Crippen molar-refractivity contribution in [1.29, 1.82) is 0 Å². The summed E-state index contributed by atoms with van der Waals surface area (Å²) in [5, 5.41) is 52.2. The predicted octanol–water partition coefficient (Wildman–Crippen LogP) is 12.1. The Bertz CT molecular complexity index is 4020. The second kappa shape index (κ2) is 13.6. The number of benzene rings is 8. The van der Waals surface area contributed by atoms with E-state index in [1.807, 2.05) is 84.9 Å². The summed E-state index contributed by atoms with van der Waals surface area (Å²) >= 11 is 0. The Hall–Kier alpha value is -9.30. The number of azo groups is 2. The highest BCUT2D eigenvalue weighted by atomic mass is 16.4. The first kappa shape index (κ1) is 36.4. The Morgan fingerprint density at radius 3 is 1.91 bits per heavy atom. The number of aromatic hydroxyl groups is 2. The van der Waals surface area contributed by atoms with Gasteiger partial charge in [-0.25, -0.2) is 4.98 Å². The molecule has 65 heavy (non-hydrogen) atoms. The minimum Gasteiger partial charge on any atom is -0.506 e. The molecule has 0 fully saturated rings. The number of hydrogen-bond acceptors (Lipinski definition) is 13. The van der Waals surface area contributed by atoms with Crippen LogP contribution in [0.1, 0.15) is 27.4 Å². The van der Waals surface area contributed by atoms with Gasteiger partial charge in [0.15, 0.2) is 5.78 Å². The number of carbonyl (C=O) groups excluding carboxylic acids is 1. The van der Waals surface area contributed by atoms with E-state index >= 15 is 0 Å². The summed E-state index contributed by atoms with van der Waals surface area (Å²) in [6, 6.07) is 43.4. The van der Waals surface area contributed by atoms with Gasteiger partial charge in [0.25, 0.3) is 5.56 Å². The van der Waals surface area contributed by atoms with E-state index in [-0.39, 0.29) is 34.2 Å². The van der Waals surface area contributed by atoms with Crippen molar-refractivity contribution in [1.82, 2.24) is 19.6 Å². The number of fused-ring (bicyclic) bond motifs is 8. The summed E-state index contributed by atoms with van der Waals surface area (Å²) < 4.78 is 7.63. The number of aliphatic imine (C=N–C) groups is 1. The number of phenols is 2. The van der Waals surface area contributed by atoms with Crippen LogP contribution in [0.2, 0.25) is 0 Å². The zero-order valence-corrected chi connectivity index (χ0v) is 33.6. The maximum absolute atomic E-state index is 13.8. The van der Waals surface area contributed by atoms with E-state index in [1.54, 1.807) is 52.9 Å². The Morgan fingerprint density at radius 2 is 1.18 bits per heavy atom. The lowest BCUT2D eigenvalue weighted by atomic mass is 9.77. The summed E-state index contributed by atoms with van der Waals surface area (Å²) in [6.45, 7) is 0. The van der Waals surface area contributed by atoms with Gasteiger partial charge in [-0.3, -0.25) is 19.0 Å². The molecular formula is C51H27N9O5. The van der Waals surface area contributed by atoms with Crippen molar-refractivity contribution in [3.63, 3.8) is 0 Å². The predicted molar refractivity (Wildman–Crippen MR) is 246 cm³/mol. The van der Waals surface area contributed by atoms with Gasteiger partial charge in [-0.2, -0.15) is 10.2 Å². The van der Waals surface area contributed by atoms with Crippen LogP contribution in [0.3, 0.4) is 0 Å². The second-order valence-electron chi connectivity index (χ2n) is 15.9. The van der Waals surface area contributed by atoms with Gasteiger partial charge in [-0.15, -0.1) is 20.4 Å². The number of ketones is 1. The van der Waals surface area contributed by atoms with Gasteiger partial charge in [0.2, 0.25) is 11.8 Å². The summed E-state index contributed by atoms with van der Waals surface area (Å²) in [7, 11) is 0. The van der Waals surface area contributed by atoms with Crippen LogP contribution in [0, 0.1) is 0 Å². The maximum Gasteiger partial charge on any atom is 0.264 e. The van der Waals surface area contributed by atoms with Gasteiger partial charge in [-0.05, 0) is 84.4 Å². The average Bonchev–Trinajstić information content (AvgIpc) is 4.09. The minimum atomic E-state index is -0.514. The summed E-state index contributed by atoms with van der Waals surface area (Å²) in [5.74, 6) is -0.353. The van der Waals surface area contributed by atoms with Crippen LogP contribution in [-0.4, -0.2) is 41.3 Å². The smallest absolute Gasteiger partial charge is 0.264 e. The van der Waals surface area contributed by atoms with E-state index in [0.29, 0.717) is 89.2 Å². The SMILES string of the molecule is O=C1c2cc(O)c(N=Nc3ccc(-c4nnc(-c5ccc(N=Nc6c(O)cc7c(=O)n8c9ccccc9nc8c8cccc6c78)cc5)o4)cc3)c3cccc(c23)C2=Nc3ccccc3C12.